The Morgan fingerprint density at radius 2 is 1.54 bits per heavy atom. The molecule has 0 unspecified atom stereocenters. The van der Waals surface area contributed by atoms with Gasteiger partial charge in [0.05, 0.1) is 10.6 Å². The fourth-order valence-electron chi connectivity index (χ4n) is 2.14. The van der Waals surface area contributed by atoms with Gasteiger partial charge in [-0.05, 0) is 55.0 Å². The molecule has 0 saturated heterocycles. The molecule has 2 aromatic rings. The van der Waals surface area contributed by atoms with Crippen molar-refractivity contribution in [3.8, 4) is 0 Å². The molecule has 1 amide bonds. The van der Waals surface area contributed by atoms with Crippen LogP contribution in [-0.4, -0.2) is 28.4 Å². The van der Waals surface area contributed by atoms with Gasteiger partial charge in [-0.3, -0.25) is 9.10 Å². The van der Waals surface area contributed by atoms with Gasteiger partial charge in [-0.15, -0.1) is 0 Å². The molecule has 2 rings (SSSR count). The summed E-state index contributed by atoms with van der Waals surface area (Å²) in [6.45, 7) is 2.96. The molecule has 0 atom stereocenters. The molecular formula is C17H19FN2O3S. The Labute approximate surface area is 141 Å². The first-order valence-corrected chi connectivity index (χ1v) is 8.68. The van der Waals surface area contributed by atoms with Gasteiger partial charge < -0.3 is 4.90 Å². The zero-order valence-electron chi connectivity index (χ0n) is 13.9. The minimum absolute atomic E-state index is 0.0221. The zero-order valence-corrected chi connectivity index (χ0v) is 14.8. The van der Waals surface area contributed by atoms with Gasteiger partial charge in [-0.2, -0.15) is 0 Å². The molecular weight excluding hydrogens is 331 g/mol. The minimum atomic E-state index is -3.79. The van der Waals surface area contributed by atoms with Gasteiger partial charge in [-0.1, -0.05) is 0 Å². The van der Waals surface area contributed by atoms with Crippen molar-refractivity contribution in [3.63, 3.8) is 0 Å². The number of carbonyl (C=O) groups is 1. The lowest BCUT2D eigenvalue weighted by Gasteiger charge is -2.21. The van der Waals surface area contributed by atoms with Gasteiger partial charge in [0.2, 0.25) is 5.91 Å². The zero-order chi connectivity index (χ0) is 18.1. The van der Waals surface area contributed by atoms with Crippen LogP contribution in [0.15, 0.2) is 47.4 Å². The van der Waals surface area contributed by atoms with E-state index in [-0.39, 0.29) is 16.4 Å². The highest BCUT2D eigenvalue weighted by Crippen LogP contribution is 2.25. The number of hydrogen-bond acceptors (Lipinski definition) is 3. The van der Waals surface area contributed by atoms with Crippen molar-refractivity contribution < 1.29 is 17.6 Å². The van der Waals surface area contributed by atoms with E-state index in [2.05, 4.69) is 0 Å². The highest BCUT2D eigenvalue weighted by Gasteiger charge is 2.22. The van der Waals surface area contributed by atoms with Gasteiger partial charge in [0.1, 0.15) is 5.82 Å². The third-order valence-electron chi connectivity index (χ3n) is 3.86. The van der Waals surface area contributed by atoms with Gasteiger partial charge in [-0.25, -0.2) is 12.8 Å². The van der Waals surface area contributed by atoms with Crippen LogP contribution in [0.1, 0.15) is 12.5 Å². The van der Waals surface area contributed by atoms with Crippen LogP contribution in [0.4, 0.5) is 15.8 Å². The number of sulfonamides is 1. The van der Waals surface area contributed by atoms with E-state index in [0.717, 1.165) is 10.4 Å². The molecule has 7 heteroatoms. The van der Waals surface area contributed by atoms with E-state index in [1.165, 1.54) is 37.9 Å². The highest BCUT2D eigenvalue weighted by atomic mass is 32.2. The molecule has 0 bridgehead atoms. The molecule has 0 fully saturated rings. The molecule has 0 aromatic heterocycles. The van der Waals surface area contributed by atoms with E-state index in [1.807, 2.05) is 0 Å². The number of amides is 1. The summed E-state index contributed by atoms with van der Waals surface area (Å²) >= 11 is 0. The van der Waals surface area contributed by atoms with E-state index in [9.17, 15) is 17.6 Å². The third kappa shape index (κ3) is 3.41. The Kier molecular flexibility index (Phi) is 4.94. The topological polar surface area (TPSA) is 57.7 Å². The van der Waals surface area contributed by atoms with Crippen LogP contribution in [0, 0.1) is 12.7 Å². The Morgan fingerprint density at radius 1 is 1.00 bits per heavy atom. The molecule has 5 nitrogen and oxygen atoms in total. The molecule has 0 aliphatic rings. The van der Waals surface area contributed by atoms with Gasteiger partial charge in [0, 0.05) is 26.7 Å². The number of nitrogens with zero attached hydrogens (tertiary/aromatic N) is 2. The number of anilines is 2. The number of rotatable bonds is 4. The van der Waals surface area contributed by atoms with E-state index < -0.39 is 15.8 Å². The highest BCUT2D eigenvalue weighted by molar-refractivity contribution is 7.92. The van der Waals surface area contributed by atoms with Crippen molar-refractivity contribution in [2.75, 3.05) is 23.3 Å². The van der Waals surface area contributed by atoms with Crippen LogP contribution in [0.25, 0.3) is 0 Å². The SMILES string of the molecule is CC(=O)N(C)c1ccc(N(C)S(=O)(=O)c2ccc(F)c(C)c2)cc1. The van der Waals surface area contributed by atoms with Crippen molar-refractivity contribution in [1.29, 1.82) is 0 Å². The Hall–Kier alpha value is -2.41. The maximum Gasteiger partial charge on any atom is 0.264 e. The van der Waals surface area contributed by atoms with Crippen LogP contribution in [-0.2, 0) is 14.8 Å². The van der Waals surface area contributed by atoms with Crippen LogP contribution >= 0.6 is 0 Å². The van der Waals surface area contributed by atoms with Crippen LogP contribution in [0.3, 0.4) is 0 Å². The number of hydrogen-bond donors (Lipinski definition) is 0. The smallest absolute Gasteiger partial charge is 0.264 e. The molecule has 24 heavy (non-hydrogen) atoms. The lowest BCUT2D eigenvalue weighted by molar-refractivity contribution is -0.116. The first-order valence-electron chi connectivity index (χ1n) is 7.24. The summed E-state index contributed by atoms with van der Waals surface area (Å²) in [5, 5.41) is 0. The average Bonchev–Trinajstić information content (AvgIpc) is 2.55. The second-order valence-electron chi connectivity index (χ2n) is 5.48. The predicted octanol–water partition coefficient (Wildman–Crippen LogP) is 2.94. The molecule has 0 aliphatic heterocycles. The standard InChI is InChI=1S/C17H19FN2O3S/c1-12-11-16(9-10-17(12)18)24(22,23)20(4)15-7-5-14(6-8-15)19(3)13(2)21/h5-11H,1-4H3. The number of carbonyl (C=O) groups excluding carboxylic acids is 1. The molecule has 0 saturated carbocycles. The maximum atomic E-state index is 13.4. The van der Waals surface area contributed by atoms with Crippen molar-refractivity contribution in [2.45, 2.75) is 18.7 Å². The van der Waals surface area contributed by atoms with Crippen molar-refractivity contribution >= 4 is 27.3 Å². The predicted molar refractivity (Wildman–Crippen MR) is 92.3 cm³/mol. The molecule has 0 heterocycles. The summed E-state index contributed by atoms with van der Waals surface area (Å²) in [7, 11) is -0.728. The van der Waals surface area contributed by atoms with E-state index in [4.69, 9.17) is 0 Å². The summed E-state index contributed by atoms with van der Waals surface area (Å²) in [5.41, 5.74) is 1.37. The molecule has 128 valence electrons. The van der Waals surface area contributed by atoms with Crippen LogP contribution < -0.4 is 9.21 Å². The van der Waals surface area contributed by atoms with Crippen LogP contribution in [0.2, 0.25) is 0 Å². The van der Waals surface area contributed by atoms with Gasteiger partial charge in [0.25, 0.3) is 10.0 Å². The number of benzene rings is 2. The molecule has 0 spiro atoms. The summed E-state index contributed by atoms with van der Waals surface area (Å²) in [6.07, 6.45) is 0. The first-order chi connectivity index (χ1) is 11.1. The normalized spacial score (nSPS) is 11.2. The van der Waals surface area contributed by atoms with Gasteiger partial charge >= 0.3 is 0 Å². The Balaban J connectivity index is 2.34. The van der Waals surface area contributed by atoms with Crippen molar-refractivity contribution in [2.24, 2.45) is 0 Å². The molecule has 2 aromatic carbocycles. The van der Waals surface area contributed by atoms with Crippen LogP contribution in [0.5, 0.6) is 0 Å². The van der Waals surface area contributed by atoms with Crippen molar-refractivity contribution in [1.82, 2.24) is 0 Å². The van der Waals surface area contributed by atoms with E-state index >= 15 is 0 Å². The fraction of sp³-hybridized carbons (Fsp3) is 0.235. The van der Waals surface area contributed by atoms with E-state index in [0.29, 0.717) is 11.4 Å². The number of aryl methyl sites for hydroxylation is 1. The van der Waals surface area contributed by atoms with Crippen molar-refractivity contribution in [3.05, 3.63) is 53.8 Å². The summed E-state index contributed by atoms with van der Waals surface area (Å²) < 4.78 is 39.8. The second kappa shape index (κ2) is 6.60. The average molecular weight is 350 g/mol. The third-order valence-corrected chi connectivity index (χ3v) is 5.64. The Bertz CT molecular complexity index is 864. The lowest BCUT2D eigenvalue weighted by Crippen LogP contribution is -2.27. The molecule has 0 aliphatic carbocycles. The molecule has 0 radical (unpaired) electrons. The summed E-state index contributed by atoms with van der Waals surface area (Å²) in [6, 6.07) is 10.2. The largest absolute Gasteiger partial charge is 0.316 e. The summed E-state index contributed by atoms with van der Waals surface area (Å²) in [5.74, 6) is -0.571. The first kappa shape index (κ1) is 17.9. The van der Waals surface area contributed by atoms with E-state index in [1.54, 1.807) is 31.3 Å². The monoisotopic (exact) mass is 350 g/mol. The number of halogens is 1. The summed E-state index contributed by atoms with van der Waals surface area (Å²) in [4.78, 5) is 12.8. The fourth-order valence-corrected chi connectivity index (χ4v) is 3.42. The quantitative estimate of drug-likeness (QED) is 0.852. The maximum absolute atomic E-state index is 13.4. The second-order valence-corrected chi connectivity index (χ2v) is 7.45. The molecule has 0 N–H and O–H groups in total. The van der Waals surface area contributed by atoms with Gasteiger partial charge in [0.15, 0.2) is 0 Å². The minimum Gasteiger partial charge on any atom is -0.316 e. The lowest BCUT2D eigenvalue weighted by atomic mass is 10.2. The Morgan fingerprint density at radius 3 is 2.04 bits per heavy atom.